The van der Waals surface area contributed by atoms with Crippen molar-refractivity contribution in [2.24, 2.45) is 0 Å². The molecule has 104 valence electrons. The third-order valence-corrected chi connectivity index (χ3v) is 3.89. The summed E-state index contributed by atoms with van der Waals surface area (Å²) >= 11 is 1.51. The fourth-order valence-electron chi connectivity index (χ4n) is 1.81. The number of benzene rings is 1. The molecular formula is C15H16N2O2S. The lowest BCUT2D eigenvalue weighted by Gasteiger charge is -2.08. The summed E-state index contributed by atoms with van der Waals surface area (Å²) in [6.45, 7) is 2.05. The molecule has 20 heavy (non-hydrogen) atoms. The largest absolute Gasteiger partial charge is 0.465 e. The molecule has 0 aliphatic rings. The highest BCUT2D eigenvalue weighted by Crippen LogP contribution is 2.28. The second kappa shape index (κ2) is 6.43. The fourth-order valence-corrected chi connectivity index (χ4v) is 2.69. The maximum Gasteiger partial charge on any atom is 0.340 e. The Morgan fingerprint density at radius 2 is 2.20 bits per heavy atom. The van der Waals surface area contributed by atoms with Crippen molar-refractivity contribution in [3.8, 4) is 0 Å². The number of carbonyl (C=O) groups excluding carboxylic acids is 1. The van der Waals surface area contributed by atoms with E-state index >= 15 is 0 Å². The van der Waals surface area contributed by atoms with Gasteiger partial charge in [-0.15, -0.1) is 0 Å². The number of nitrogens with zero attached hydrogens (tertiary/aromatic N) is 1. The van der Waals surface area contributed by atoms with Crippen LogP contribution in [0.1, 0.15) is 21.5 Å². The zero-order valence-corrected chi connectivity index (χ0v) is 12.2. The summed E-state index contributed by atoms with van der Waals surface area (Å²) in [4.78, 5) is 15.8. The predicted molar refractivity (Wildman–Crippen MR) is 80.7 cm³/mol. The van der Waals surface area contributed by atoms with E-state index in [4.69, 9.17) is 10.5 Å². The number of ether oxygens (including phenoxy) is 1. The van der Waals surface area contributed by atoms with Crippen LogP contribution in [0, 0.1) is 6.92 Å². The van der Waals surface area contributed by atoms with E-state index in [1.165, 1.54) is 30.0 Å². The molecule has 0 aliphatic carbocycles. The van der Waals surface area contributed by atoms with Gasteiger partial charge in [0.25, 0.3) is 0 Å². The fraction of sp³-hybridized carbons (Fsp3) is 0.200. The number of thioether (sulfide) groups is 1. The molecule has 0 amide bonds. The highest BCUT2D eigenvalue weighted by Gasteiger charge is 2.14. The number of esters is 1. The van der Waals surface area contributed by atoms with Crippen LogP contribution >= 0.6 is 11.8 Å². The van der Waals surface area contributed by atoms with Gasteiger partial charge in [-0.25, -0.2) is 9.78 Å². The van der Waals surface area contributed by atoms with Crippen molar-refractivity contribution in [1.82, 2.24) is 4.98 Å². The van der Waals surface area contributed by atoms with Crippen LogP contribution in [-0.2, 0) is 10.5 Å². The average molecular weight is 288 g/mol. The second-order valence-corrected chi connectivity index (χ2v) is 5.31. The standard InChI is InChI=1S/C15H16N2O2S/c1-10-4-3-5-11(8-10)9-20-14-13(16)12(6-7-17-14)15(18)19-2/h3-8H,9,16H2,1-2H3. The molecule has 2 N–H and O–H groups in total. The molecule has 4 nitrogen and oxygen atoms in total. The van der Waals surface area contributed by atoms with Gasteiger partial charge in [-0.2, -0.15) is 0 Å². The number of aryl methyl sites for hydroxylation is 1. The molecule has 1 aromatic carbocycles. The Balaban J connectivity index is 2.16. The minimum atomic E-state index is -0.442. The first-order chi connectivity index (χ1) is 9.61. The summed E-state index contributed by atoms with van der Waals surface area (Å²) in [7, 11) is 1.34. The zero-order chi connectivity index (χ0) is 14.5. The summed E-state index contributed by atoms with van der Waals surface area (Å²) in [6.07, 6.45) is 1.57. The van der Waals surface area contributed by atoms with E-state index in [9.17, 15) is 4.79 Å². The molecular weight excluding hydrogens is 272 g/mol. The average Bonchev–Trinajstić information content (AvgIpc) is 2.45. The van der Waals surface area contributed by atoms with E-state index in [0.717, 1.165) is 5.75 Å². The Kier molecular flexibility index (Phi) is 4.63. The normalized spacial score (nSPS) is 10.3. The quantitative estimate of drug-likeness (QED) is 0.692. The Bertz CT molecular complexity index is 629. The number of carbonyl (C=O) groups is 1. The molecule has 0 fully saturated rings. The molecule has 0 saturated heterocycles. The van der Waals surface area contributed by atoms with Crippen LogP contribution in [0.3, 0.4) is 0 Å². The summed E-state index contributed by atoms with van der Waals surface area (Å²) in [5, 5.41) is 0.648. The molecule has 0 aliphatic heterocycles. The van der Waals surface area contributed by atoms with Crippen molar-refractivity contribution in [3.63, 3.8) is 0 Å². The number of nitrogens with two attached hydrogens (primary N) is 1. The Morgan fingerprint density at radius 1 is 1.40 bits per heavy atom. The topological polar surface area (TPSA) is 65.2 Å². The van der Waals surface area contributed by atoms with Crippen LogP contribution in [0.5, 0.6) is 0 Å². The monoisotopic (exact) mass is 288 g/mol. The number of anilines is 1. The minimum absolute atomic E-state index is 0.356. The first kappa shape index (κ1) is 14.4. The smallest absolute Gasteiger partial charge is 0.340 e. The van der Waals surface area contributed by atoms with E-state index in [-0.39, 0.29) is 0 Å². The maximum atomic E-state index is 11.6. The van der Waals surface area contributed by atoms with Gasteiger partial charge in [0.05, 0.1) is 18.4 Å². The van der Waals surface area contributed by atoms with Crippen molar-refractivity contribution in [3.05, 3.63) is 53.2 Å². The van der Waals surface area contributed by atoms with Gasteiger partial charge < -0.3 is 10.5 Å². The zero-order valence-electron chi connectivity index (χ0n) is 11.4. The summed E-state index contributed by atoms with van der Waals surface area (Å²) in [5.41, 5.74) is 9.11. The lowest BCUT2D eigenvalue weighted by Crippen LogP contribution is -2.07. The lowest BCUT2D eigenvalue weighted by atomic mass is 10.2. The van der Waals surface area contributed by atoms with Crippen LogP contribution in [0.4, 0.5) is 5.69 Å². The van der Waals surface area contributed by atoms with Gasteiger partial charge in [-0.1, -0.05) is 41.6 Å². The number of nitrogen functional groups attached to an aromatic ring is 1. The first-order valence-corrected chi connectivity index (χ1v) is 7.11. The van der Waals surface area contributed by atoms with Crippen molar-refractivity contribution in [2.45, 2.75) is 17.7 Å². The highest BCUT2D eigenvalue weighted by atomic mass is 32.2. The van der Waals surface area contributed by atoms with Crippen LogP contribution in [0.25, 0.3) is 0 Å². The van der Waals surface area contributed by atoms with Gasteiger partial charge in [-0.05, 0) is 18.6 Å². The highest BCUT2D eigenvalue weighted by molar-refractivity contribution is 7.98. The van der Waals surface area contributed by atoms with E-state index in [1.807, 2.05) is 6.07 Å². The number of hydrogen-bond acceptors (Lipinski definition) is 5. The summed E-state index contributed by atoms with van der Waals surface area (Å²) in [5.74, 6) is 0.311. The molecule has 2 aromatic rings. The minimum Gasteiger partial charge on any atom is -0.465 e. The van der Waals surface area contributed by atoms with Crippen molar-refractivity contribution in [2.75, 3.05) is 12.8 Å². The van der Waals surface area contributed by atoms with Gasteiger partial charge in [0.1, 0.15) is 5.03 Å². The number of hydrogen-bond donors (Lipinski definition) is 1. The summed E-state index contributed by atoms with van der Waals surface area (Å²) < 4.78 is 4.69. The van der Waals surface area contributed by atoms with Crippen LogP contribution < -0.4 is 5.73 Å². The van der Waals surface area contributed by atoms with Crippen LogP contribution in [0.2, 0.25) is 0 Å². The molecule has 1 heterocycles. The van der Waals surface area contributed by atoms with Crippen LogP contribution in [0.15, 0.2) is 41.6 Å². The number of pyridine rings is 1. The third kappa shape index (κ3) is 3.30. The van der Waals surface area contributed by atoms with E-state index < -0.39 is 5.97 Å². The maximum absolute atomic E-state index is 11.6. The van der Waals surface area contributed by atoms with Gasteiger partial charge in [-0.3, -0.25) is 0 Å². The van der Waals surface area contributed by atoms with E-state index in [0.29, 0.717) is 16.3 Å². The molecule has 2 rings (SSSR count). The third-order valence-electron chi connectivity index (χ3n) is 2.82. The van der Waals surface area contributed by atoms with Crippen molar-refractivity contribution in [1.29, 1.82) is 0 Å². The molecule has 1 aromatic heterocycles. The van der Waals surface area contributed by atoms with E-state index in [2.05, 4.69) is 30.1 Å². The van der Waals surface area contributed by atoms with Gasteiger partial charge in [0.15, 0.2) is 0 Å². The molecule has 0 atom stereocenters. The number of aromatic nitrogens is 1. The molecule has 5 heteroatoms. The number of rotatable bonds is 4. The lowest BCUT2D eigenvalue weighted by molar-refractivity contribution is 0.0601. The summed E-state index contributed by atoms with van der Waals surface area (Å²) in [6, 6.07) is 9.82. The molecule has 0 unspecified atom stereocenters. The molecule has 0 radical (unpaired) electrons. The van der Waals surface area contributed by atoms with Gasteiger partial charge in [0, 0.05) is 11.9 Å². The predicted octanol–water partition coefficient (Wildman–Crippen LogP) is 3.05. The van der Waals surface area contributed by atoms with Crippen molar-refractivity contribution < 1.29 is 9.53 Å². The van der Waals surface area contributed by atoms with Gasteiger partial charge in [0.2, 0.25) is 0 Å². The molecule has 0 bridgehead atoms. The second-order valence-electron chi connectivity index (χ2n) is 4.35. The number of methoxy groups -OCH3 is 1. The first-order valence-electron chi connectivity index (χ1n) is 6.13. The van der Waals surface area contributed by atoms with E-state index in [1.54, 1.807) is 12.3 Å². The Labute approximate surface area is 122 Å². The molecule has 0 saturated carbocycles. The molecule has 0 spiro atoms. The Hall–Kier alpha value is -2.01. The van der Waals surface area contributed by atoms with Gasteiger partial charge >= 0.3 is 5.97 Å². The van der Waals surface area contributed by atoms with Crippen LogP contribution in [-0.4, -0.2) is 18.1 Å². The van der Waals surface area contributed by atoms with Crippen molar-refractivity contribution >= 4 is 23.4 Å². The SMILES string of the molecule is COC(=O)c1ccnc(SCc2cccc(C)c2)c1N. The Morgan fingerprint density at radius 3 is 2.90 bits per heavy atom.